The first-order valence-electron chi connectivity index (χ1n) is 3.33. The molecule has 0 spiro atoms. The summed E-state index contributed by atoms with van der Waals surface area (Å²) in [5.74, 6) is 0.375. The van der Waals surface area contributed by atoms with Gasteiger partial charge in [-0.05, 0) is 6.92 Å². The molecule has 2 unspecified atom stereocenters. The molecule has 0 saturated carbocycles. The number of aromatic nitrogens is 3. The zero-order valence-corrected chi connectivity index (χ0v) is 6.47. The largest absolute Gasteiger partial charge is 0.390 e. The lowest BCUT2D eigenvalue weighted by Gasteiger charge is -2.11. The molecule has 0 aromatic carbocycles. The van der Waals surface area contributed by atoms with Crippen molar-refractivity contribution in [3.05, 3.63) is 12.2 Å². The smallest absolute Gasteiger partial charge is 0.164 e. The van der Waals surface area contributed by atoms with E-state index in [2.05, 4.69) is 10.2 Å². The summed E-state index contributed by atoms with van der Waals surface area (Å²) in [6.45, 7) is 1.50. The number of aliphatic hydroxyl groups excluding tert-OH is 2. The van der Waals surface area contributed by atoms with Crippen LogP contribution in [0.3, 0.4) is 0 Å². The normalized spacial score (nSPS) is 16.4. The van der Waals surface area contributed by atoms with Gasteiger partial charge in [-0.15, -0.1) is 10.2 Å². The van der Waals surface area contributed by atoms with E-state index in [4.69, 9.17) is 5.11 Å². The van der Waals surface area contributed by atoms with Crippen molar-refractivity contribution in [1.29, 1.82) is 0 Å². The predicted molar refractivity (Wildman–Crippen MR) is 37.6 cm³/mol. The van der Waals surface area contributed by atoms with Crippen molar-refractivity contribution in [2.24, 2.45) is 7.05 Å². The molecule has 0 radical (unpaired) electrons. The van der Waals surface area contributed by atoms with Crippen molar-refractivity contribution >= 4 is 0 Å². The van der Waals surface area contributed by atoms with Crippen molar-refractivity contribution in [3.8, 4) is 0 Å². The molecular formula is C6H11N3O2. The van der Waals surface area contributed by atoms with Gasteiger partial charge in [0.15, 0.2) is 5.82 Å². The molecule has 0 aliphatic heterocycles. The standard InChI is InChI=1S/C6H11N3O2/c1-4(10)5(11)6-8-7-3-9(6)2/h3-5,10-11H,1-2H3. The number of hydrogen-bond donors (Lipinski definition) is 2. The van der Waals surface area contributed by atoms with Crippen LogP contribution in [0.15, 0.2) is 6.33 Å². The van der Waals surface area contributed by atoms with Crippen LogP contribution in [0.25, 0.3) is 0 Å². The highest BCUT2D eigenvalue weighted by Crippen LogP contribution is 2.11. The van der Waals surface area contributed by atoms with E-state index in [9.17, 15) is 5.11 Å². The predicted octanol–water partition coefficient (Wildman–Crippen LogP) is -0.771. The Labute approximate surface area is 64.3 Å². The Bertz CT molecular complexity index is 233. The molecule has 0 saturated heterocycles. The van der Waals surface area contributed by atoms with E-state index >= 15 is 0 Å². The molecule has 0 aliphatic rings. The van der Waals surface area contributed by atoms with Gasteiger partial charge in [0.25, 0.3) is 0 Å². The first-order valence-corrected chi connectivity index (χ1v) is 3.33. The molecule has 1 heterocycles. The van der Waals surface area contributed by atoms with Crippen molar-refractivity contribution in [2.75, 3.05) is 0 Å². The number of rotatable bonds is 2. The summed E-state index contributed by atoms with van der Waals surface area (Å²) < 4.78 is 1.57. The van der Waals surface area contributed by atoms with Gasteiger partial charge in [0.2, 0.25) is 0 Å². The van der Waals surface area contributed by atoms with Crippen LogP contribution in [0.1, 0.15) is 18.9 Å². The van der Waals surface area contributed by atoms with Crippen LogP contribution >= 0.6 is 0 Å². The molecule has 0 bridgehead atoms. The van der Waals surface area contributed by atoms with Crippen LogP contribution in [-0.2, 0) is 7.05 Å². The zero-order chi connectivity index (χ0) is 8.43. The lowest BCUT2D eigenvalue weighted by molar-refractivity contribution is 0.0230. The summed E-state index contributed by atoms with van der Waals surface area (Å²) in [5.41, 5.74) is 0. The summed E-state index contributed by atoms with van der Waals surface area (Å²) in [5, 5.41) is 25.5. The third kappa shape index (κ3) is 1.55. The average molecular weight is 157 g/mol. The second-order valence-corrected chi connectivity index (χ2v) is 2.49. The molecule has 62 valence electrons. The summed E-state index contributed by atoms with van der Waals surface area (Å²) in [6.07, 6.45) is -0.304. The molecule has 2 atom stereocenters. The molecule has 1 aromatic heterocycles. The number of hydrogen-bond acceptors (Lipinski definition) is 4. The van der Waals surface area contributed by atoms with Crippen LogP contribution < -0.4 is 0 Å². The molecule has 0 amide bonds. The van der Waals surface area contributed by atoms with Gasteiger partial charge in [-0.1, -0.05) is 0 Å². The van der Waals surface area contributed by atoms with Crippen molar-refractivity contribution in [3.63, 3.8) is 0 Å². The molecular weight excluding hydrogens is 146 g/mol. The molecule has 1 aromatic rings. The minimum absolute atomic E-state index is 0.375. The fourth-order valence-electron chi connectivity index (χ4n) is 0.776. The van der Waals surface area contributed by atoms with Crippen LogP contribution in [0.4, 0.5) is 0 Å². The topological polar surface area (TPSA) is 71.2 Å². The second kappa shape index (κ2) is 2.98. The highest BCUT2D eigenvalue weighted by atomic mass is 16.3. The Balaban J connectivity index is 2.84. The maximum absolute atomic E-state index is 9.29. The van der Waals surface area contributed by atoms with Gasteiger partial charge in [0.1, 0.15) is 12.4 Å². The van der Waals surface area contributed by atoms with Gasteiger partial charge < -0.3 is 14.8 Å². The fourth-order valence-corrected chi connectivity index (χ4v) is 0.776. The maximum Gasteiger partial charge on any atom is 0.164 e. The van der Waals surface area contributed by atoms with Crippen LogP contribution in [-0.4, -0.2) is 31.1 Å². The molecule has 5 nitrogen and oxygen atoms in total. The second-order valence-electron chi connectivity index (χ2n) is 2.49. The first kappa shape index (κ1) is 8.16. The van der Waals surface area contributed by atoms with Gasteiger partial charge in [-0.2, -0.15) is 0 Å². The minimum atomic E-state index is -0.956. The molecule has 0 fully saturated rings. The van der Waals surface area contributed by atoms with E-state index in [1.165, 1.54) is 13.3 Å². The highest BCUT2D eigenvalue weighted by Gasteiger charge is 2.17. The number of aliphatic hydroxyl groups is 2. The molecule has 5 heteroatoms. The van der Waals surface area contributed by atoms with Gasteiger partial charge >= 0.3 is 0 Å². The van der Waals surface area contributed by atoms with Crippen molar-refractivity contribution < 1.29 is 10.2 Å². The van der Waals surface area contributed by atoms with E-state index in [0.29, 0.717) is 5.82 Å². The minimum Gasteiger partial charge on any atom is -0.390 e. The number of aryl methyl sites for hydroxylation is 1. The average Bonchev–Trinajstić information content (AvgIpc) is 2.33. The van der Waals surface area contributed by atoms with Crippen LogP contribution in [0, 0.1) is 0 Å². The third-order valence-corrected chi connectivity index (χ3v) is 1.47. The molecule has 11 heavy (non-hydrogen) atoms. The molecule has 2 N–H and O–H groups in total. The Kier molecular flexibility index (Phi) is 2.21. The molecule has 0 aliphatic carbocycles. The number of nitrogens with zero attached hydrogens (tertiary/aromatic N) is 3. The maximum atomic E-state index is 9.29. The lowest BCUT2D eigenvalue weighted by Crippen LogP contribution is -2.17. The van der Waals surface area contributed by atoms with Crippen molar-refractivity contribution in [1.82, 2.24) is 14.8 Å². The Morgan fingerprint density at radius 1 is 1.55 bits per heavy atom. The quantitative estimate of drug-likeness (QED) is 0.591. The van der Waals surface area contributed by atoms with Gasteiger partial charge in [-0.3, -0.25) is 0 Å². The van der Waals surface area contributed by atoms with Gasteiger partial charge in [0.05, 0.1) is 6.10 Å². The Morgan fingerprint density at radius 3 is 2.55 bits per heavy atom. The summed E-state index contributed by atoms with van der Waals surface area (Å²) in [7, 11) is 1.71. The monoisotopic (exact) mass is 157 g/mol. The van der Waals surface area contributed by atoms with E-state index < -0.39 is 12.2 Å². The first-order chi connectivity index (χ1) is 5.13. The summed E-state index contributed by atoms with van der Waals surface area (Å²) in [4.78, 5) is 0. The summed E-state index contributed by atoms with van der Waals surface area (Å²) >= 11 is 0. The Hall–Kier alpha value is -0.940. The van der Waals surface area contributed by atoms with Gasteiger partial charge in [-0.25, -0.2) is 0 Å². The van der Waals surface area contributed by atoms with Crippen LogP contribution in [0.2, 0.25) is 0 Å². The lowest BCUT2D eigenvalue weighted by atomic mass is 10.2. The third-order valence-electron chi connectivity index (χ3n) is 1.47. The Morgan fingerprint density at radius 2 is 2.18 bits per heavy atom. The van der Waals surface area contributed by atoms with Crippen LogP contribution in [0.5, 0.6) is 0 Å². The van der Waals surface area contributed by atoms with E-state index in [0.717, 1.165) is 0 Å². The van der Waals surface area contributed by atoms with Gasteiger partial charge in [0, 0.05) is 7.05 Å². The fraction of sp³-hybridized carbons (Fsp3) is 0.667. The zero-order valence-electron chi connectivity index (χ0n) is 6.47. The van der Waals surface area contributed by atoms with Crippen molar-refractivity contribution in [2.45, 2.75) is 19.1 Å². The van der Waals surface area contributed by atoms with E-state index in [1.54, 1.807) is 11.6 Å². The van der Waals surface area contributed by atoms with E-state index in [-0.39, 0.29) is 0 Å². The van der Waals surface area contributed by atoms with E-state index in [1.807, 2.05) is 0 Å². The molecule has 1 rings (SSSR count). The summed E-state index contributed by atoms with van der Waals surface area (Å²) in [6, 6.07) is 0. The highest BCUT2D eigenvalue weighted by molar-refractivity contribution is 4.91. The SMILES string of the molecule is CC(O)C(O)c1nncn1C.